The molecule has 3 aromatic rings. The first kappa shape index (κ1) is 13.3. The van der Waals surface area contributed by atoms with E-state index in [9.17, 15) is 4.39 Å². The van der Waals surface area contributed by atoms with E-state index in [2.05, 4.69) is 16.8 Å². The van der Waals surface area contributed by atoms with Crippen molar-refractivity contribution in [2.75, 3.05) is 7.05 Å². The summed E-state index contributed by atoms with van der Waals surface area (Å²) in [5, 5.41) is 6.22. The first-order valence-corrected chi connectivity index (χ1v) is 7.45. The van der Waals surface area contributed by atoms with Crippen LogP contribution in [-0.2, 0) is 6.42 Å². The lowest BCUT2D eigenvalue weighted by Crippen LogP contribution is -2.18. The van der Waals surface area contributed by atoms with Crippen LogP contribution in [0.25, 0.3) is 11.0 Å². The van der Waals surface area contributed by atoms with Crippen LogP contribution >= 0.6 is 11.3 Å². The van der Waals surface area contributed by atoms with Crippen molar-refractivity contribution in [3.63, 3.8) is 0 Å². The zero-order valence-corrected chi connectivity index (χ0v) is 12.3. The number of furan rings is 1. The second kappa shape index (κ2) is 5.38. The topological polar surface area (TPSA) is 25.2 Å². The average Bonchev–Trinajstić information content (AvgIpc) is 3.05. The standard InChI is InChI=1S/C16H16FNOS/c1-10-13-8-11(17)5-6-15(13)19-16(10)14(18-2)9-12-4-3-7-20-12/h3-8,14,18H,9H2,1-2H3. The third-order valence-corrected chi connectivity index (χ3v) is 4.48. The highest BCUT2D eigenvalue weighted by molar-refractivity contribution is 7.09. The van der Waals surface area contributed by atoms with Crippen molar-refractivity contribution in [2.45, 2.75) is 19.4 Å². The van der Waals surface area contributed by atoms with Crippen LogP contribution in [0.3, 0.4) is 0 Å². The fraction of sp³-hybridized carbons (Fsp3) is 0.250. The number of aryl methyl sites for hydroxylation is 1. The van der Waals surface area contributed by atoms with Crippen molar-refractivity contribution < 1.29 is 8.81 Å². The molecular formula is C16H16FNOS. The third-order valence-electron chi connectivity index (χ3n) is 3.59. The van der Waals surface area contributed by atoms with Gasteiger partial charge in [-0.3, -0.25) is 0 Å². The molecular weight excluding hydrogens is 273 g/mol. The van der Waals surface area contributed by atoms with E-state index < -0.39 is 0 Å². The van der Waals surface area contributed by atoms with Gasteiger partial charge in [-0.2, -0.15) is 0 Å². The molecule has 3 rings (SSSR count). The molecule has 0 aliphatic rings. The molecule has 0 saturated carbocycles. The Bertz CT molecular complexity index is 717. The van der Waals surface area contributed by atoms with Gasteiger partial charge in [0.2, 0.25) is 0 Å². The summed E-state index contributed by atoms with van der Waals surface area (Å²) in [4.78, 5) is 1.30. The molecule has 0 spiro atoms. The Kier molecular flexibility index (Phi) is 3.59. The van der Waals surface area contributed by atoms with E-state index in [1.54, 1.807) is 17.4 Å². The predicted molar refractivity (Wildman–Crippen MR) is 80.7 cm³/mol. The second-order valence-corrected chi connectivity index (χ2v) is 5.89. The van der Waals surface area contributed by atoms with Crippen molar-refractivity contribution in [3.8, 4) is 0 Å². The summed E-state index contributed by atoms with van der Waals surface area (Å²) >= 11 is 1.73. The van der Waals surface area contributed by atoms with Gasteiger partial charge in [0.15, 0.2) is 0 Å². The maximum Gasteiger partial charge on any atom is 0.134 e. The summed E-state index contributed by atoms with van der Waals surface area (Å²) in [5.41, 5.74) is 1.75. The van der Waals surface area contributed by atoms with Gasteiger partial charge >= 0.3 is 0 Å². The van der Waals surface area contributed by atoms with Crippen LogP contribution in [-0.4, -0.2) is 7.05 Å². The number of likely N-dealkylation sites (N-methyl/N-ethyl adjacent to an activating group) is 1. The summed E-state index contributed by atoms with van der Waals surface area (Å²) in [6.07, 6.45) is 0.872. The monoisotopic (exact) mass is 289 g/mol. The van der Waals surface area contributed by atoms with E-state index in [4.69, 9.17) is 4.42 Å². The first-order valence-electron chi connectivity index (χ1n) is 6.57. The number of fused-ring (bicyclic) bond motifs is 1. The average molecular weight is 289 g/mol. The van der Waals surface area contributed by atoms with Crippen LogP contribution < -0.4 is 5.32 Å². The van der Waals surface area contributed by atoms with Gasteiger partial charge in [0, 0.05) is 22.2 Å². The second-order valence-electron chi connectivity index (χ2n) is 4.86. The Labute approximate surface area is 121 Å². The Morgan fingerprint density at radius 1 is 1.35 bits per heavy atom. The maximum atomic E-state index is 13.4. The molecule has 1 unspecified atom stereocenters. The number of halogens is 1. The molecule has 1 aromatic carbocycles. The SMILES string of the molecule is CNC(Cc1cccs1)c1oc2ccc(F)cc2c1C. The zero-order chi connectivity index (χ0) is 14.1. The molecule has 0 aliphatic heterocycles. The molecule has 0 saturated heterocycles. The Morgan fingerprint density at radius 2 is 2.20 bits per heavy atom. The summed E-state index contributed by atoms with van der Waals surface area (Å²) in [6, 6.07) is 8.93. The lowest BCUT2D eigenvalue weighted by molar-refractivity contribution is 0.449. The number of hydrogen-bond donors (Lipinski definition) is 1. The minimum atomic E-state index is -0.229. The van der Waals surface area contributed by atoms with Gasteiger partial charge in [0.25, 0.3) is 0 Å². The fourth-order valence-electron chi connectivity index (χ4n) is 2.50. The molecule has 0 radical (unpaired) electrons. The minimum Gasteiger partial charge on any atom is -0.459 e. The van der Waals surface area contributed by atoms with Crippen molar-refractivity contribution in [2.24, 2.45) is 0 Å². The van der Waals surface area contributed by atoms with Gasteiger partial charge in [-0.15, -0.1) is 11.3 Å². The van der Waals surface area contributed by atoms with Crippen molar-refractivity contribution in [3.05, 3.63) is 57.7 Å². The predicted octanol–water partition coefficient (Wildman–Crippen LogP) is 4.45. The molecule has 104 valence electrons. The smallest absolute Gasteiger partial charge is 0.134 e. The number of thiophene rings is 1. The van der Waals surface area contributed by atoms with Crippen LogP contribution in [0, 0.1) is 12.7 Å². The van der Waals surface area contributed by atoms with E-state index >= 15 is 0 Å². The van der Waals surface area contributed by atoms with Gasteiger partial charge in [0.05, 0.1) is 6.04 Å². The van der Waals surface area contributed by atoms with Gasteiger partial charge in [-0.25, -0.2) is 4.39 Å². The summed E-state index contributed by atoms with van der Waals surface area (Å²) in [7, 11) is 1.92. The summed E-state index contributed by atoms with van der Waals surface area (Å²) in [5.74, 6) is 0.661. The van der Waals surface area contributed by atoms with Gasteiger partial charge in [-0.1, -0.05) is 6.07 Å². The van der Waals surface area contributed by atoms with Crippen LogP contribution in [0.1, 0.15) is 22.2 Å². The van der Waals surface area contributed by atoms with Crippen LogP contribution in [0.2, 0.25) is 0 Å². The normalized spacial score (nSPS) is 12.9. The highest BCUT2D eigenvalue weighted by Gasteiger charge is 2.20. The van der Waals surface area contributed by atoms with E-state index in [0.29, 0.717) is 0 Å². The van der Waals surface area contributed by atoms with Crippen LogP contribution in [0.4, 0.5) is 4.39 Å². The summed E-state index contributed by atoms with van der Waals surface area (Å²) < 4.78 is 19.3. The summed E-state index contributed by atoms with van der Waals surface area (Å²) in [6.45, 7) is 1.99. The molecule has 4 heteroatoms. The van der Waals surface area contributed by atoms with E-state index in [1.165, 1.54) is 17.0 Å². The molecule has 2 aromatic heterocycles. The minimum absolute atomic E-state index is 0.101. The molecule has 20 heavy (non-hydrogen) atoms. The van der Waals surface area contributed by atoms with Gasteiger partial charge < -0.3 is 9.73 Å². The molecule has 0 fully saturated rings. The molecule has 1 N–H and O–H groups in total. The van der Waals surface area contributed by atoms with Crippen LogP contribution in [0.5, 0.6) is 0 Å². The number of benzene rings is 1. The Balaban J connectivity index is 2.01. The van der Waals surface area contributed by atoms with E-state index in [-0.39, 0.29) is 11.9 Å². The van der Waals surface area contributed by atoms with E-state index in [0.717, 1.165) is 28.7 Å². The zero-order valence-electron chi connectivity index (χ0n) is 11.4. The van der Waals surface area contributed by atoms with Gasteiger partial charge in [-0.05, 0) is 43.6 Å². The van der Waals surface area contributed by atoms with Crippen molar-refractivity contribution in [1.29, 1.82) is 0 Å². The Morgan fingerprint density at radius 3 is 2.90 bits per heavy atom. The molecule has 0 aliphatic carbocycles. The number of hydrogen-bond acceptors (Lipinski definition) is 3. The lowest BCUT2D eigenvalue weighted by Gasteiger charge is -2.13. The van der Waals surface area contributed by atoms with Gasteiger partial charge in [0.1, 0.15) is 17.2 Å². The quantitative estimate of drug-likeness (QED) is 0.768. The van der Waals surface area contributed by atoms with E-state index in [1.807, 2.05) is 20.0 Å². The highest BCUT2D eigenvalue weighted by Crippen LogP contribution is 2.32. The van der Waals surface area contributed by atoms with Crippen LogP contribution in [0.15, 0.2) is 40.1 Å². The molecule has 0 amide bonds. The molecule has 2 heterocycles. The molecule has 0 bridgehead atoms. The Hall–Kier alpha value is -1.65. The highest BCUT2D eigenvalue weighted by atomic mass is 32.1. The third kappa shape index (κ3) is 2.37. The largest absolute Gasteiger partial charge is 0.459 e. The van der Waals surface area contributed by atoms with Crippen molar-refractivity contribution >= 4 is 22.3 Å². The maximum absolute atomic E-state index is 13.4. The number of rotatable bonds is 4. The van der Waals surface area contributed by atoms with Crippen molar-refractivity contribution in [1.82, 2.24) is 5.32 Å². The number of nitrogens with one attached hydrogen (secondary N) is 1. The fourth-order valence-corrected chi connectivity index (χ4v) is 3.25. The molecule has 2 nitrogen and oxygen atoms in total. The lowest BCUT2D eigenvalue weighted by atomic mass is 10.0. The first-order chi connectivity index (χ1) is 9.69. The molecule has 1 atom stereocenters.